The second-order valence-electron chi connectivity index (χ2n) is 1.91. The molecule has 0 unspecified atom stereocenters. The summed E-state index contributed by atoms with van der Waals surface area (Å²) in [5.41, 5.74) is 0. The van der Waals surface area contributed by atoms with Gasteiger partial charge in [0, 0.05) is 0 Å². The maximum atomic E-state index is 12.5. The van der Waals surface area contributed by atoms with Crippen LogP contribution in [0.5, 0.6) is 0 Å². The second kappa shape index (κ2) is 2.76. The Morgan fingerprint density at radius 1 is 1.25 bits per heavy atom. The van der Waals surface area contributed by atoms with Crippen LogP contribution in [0.15, 0.2) is 17.3 Å². The summed E-state index contributed by atoms with van der Waals surface area (Å²) in [4.78, 5) is 1.66. The molecule has 0 bridgehead atoms. The van der Waals surface area contributed by atoms with E-state index in [1.165, 1.54) is 0 Å². The predicted octanol–water partition coefficient (Wildman–Crippen LogP) is 0.607. The van der Waals surface area contributed by atoms with E-state index in [1.54, 1.807) is 0 Å². The highest BCUT2D eigenvalue weighted by Crippen LogP contribution is 2.15. The van der Waals surface area contributed by atoms with E-state index in [9.17, 15) is 17.2 Å². The van der Waals surface area contributed by atoms with Gasteiger partial charge in [0.15, 0.2) is 16.5 Å². The van der Waals surface area contributed by atoms with Crippen LogP contribution in [0.25, 0.3) is 0 Å². The molecule has 0 aliphatic heterocycles. The molecule has 0 aliphatic rings. The largest absolute Gasteiger partial charge is 0.300 e. The van der Waals surface area contributed by atoms with E-state index in [-0.39, 0.29) is 0 Å². The topological polar surface area (TPSA) is 67.3 Å². The van der Waals surface area contributed by atoms with Gasteiger partial charge in [-0.25, -0.2) is 8.78 Å². The van der Waals surface area contributed by atoms with Gasteiger partial charge in [0.25, 0.3) is 0 Å². The average Bonchev–Trinajstić information content (AvgIpc) is 1.82. The molecular weight excluding hydrogens is 192 g/mol. The molecule has 0 radical (unpaired) electrons. The summed E-state index contributed by atoms with van der Waals surface area (Å²) in [7, 11) is -4.85. The molecule has 4 nitrogen and oxygen atoms in total. The number of nitrogens with zero attached hydrogens (tertiary/aromatic N) is 1. The van der Waals surface area contributed by atoms with Crippen LogP contribution in [0.4, 0.5) is 8.78 Å². The highest BCUT2D eigenvalue weighted by atomic mass is 32.2. The highest BCUT2D eigenvalue weighted by molar-refractivity contribution is 7.85. The molecule has 0 aliphatic carbocycles. The molecule has 12 heavy (non-hydrogen) atoms. The molecule has 1 heterocycles. The SMILES string of the molecule is O=S(=O)(O)c1c(F)cncc1F. The Hall–Kier alpha value is -1.08. The molecule has 0 saturated heterocycles. The molecule has 66 valence electrons. The normalized spacial score (nSPS) is 11.6. The third-order valence-corrected chi connectivity index (χ3v) is 1.97. The molecule has 1 N–H and O–H groups in total. The monoisotopic (exact) mass is 195 g/mol. The first-order valence-electron chi connectivity index (χ1n) is 2.69. The van der Waals surface area contributed by atoms with Gasteiger partial charge in [0.2, 0.25) is 0 Å². The molecule has 0 atom stereocenters. The minimum atomic E-state index is -4.85. The van der Waals surface area contributed by atoms with Crippen molar-refractivity contribution in [1.82, 2.24) is 4.98 Å². The summed E-state index contributed by atoms with van der Waals surface area (Å²) in [6.45, 7) is 0. The van der Waals surface area contributed by atoms with Gasteiger partial charge in [-0.3, -0.25) is 9.54 Å². The van der Waals surface area contributed by atoms with Gasteiger partial charge >= 0.3 is 10.1 Å². The number of aromatic nitrogens is 1. The van der Waals surface area contributed by atoms with Crippen molar-refractivity contribution in [1.29, 1.82) is 0 Å². The summed E-state index contributed by atoms with van der Waals surface area (Å²) >= 11 is 0. The molecule has 0 spiro atoms. The first-order valence-corrected chi connectivity index (χ1v) is 4.13. The Bertz CT molecular complexity index is 383. The summed E-state index contributed by atoms with van der Waals surface area (Å²) in [6.07, 6.45) is 0.984. The molecule has 7 heteroatoms. The van der Waals surface area contributed by atoms with E-state index in [2.05, 4.69) is 4.98 Å². The van der Waals surface area contributed by atoms with Crippen molar-refractivity contribution >= 4 is 10.1 Å². The predicted molar refractivity (Wildman–Crippen MR) is 34.0 cm³/mol. The molecular formula is C5H3F2NO3S. The van der Waals surface area contributed by atoms with E-state index >= 15 is 0 Å². The number of hydrogen-bond donors (Lipinski definition) is 1. The van der Waals surface area contributed by atoms with Crippen LogP contribution in [-0.4, -0.2) is 18.0 Å². The van der Waals surface area contributed by atoms with Crippen molar-refractivity contribution in [2.75, 3.05) is 0 Å². The van der Waals surface area contributed by atoms with E-state index in [1.807, 2.05) is 0 Å². The van der Waals surface area contributed by atoms with Crippen molar-refractivity contribution in [2.45, 2.75) is 4.90 Å². The minimum absolute atomic E-state index is 0.492. The smallest absolute Gasteiger partial charge is 0.282 e. The van der Waals surface area contributed by atoms with E-state index in [0.717, 1.165) is 0 Å². The lowest BCUT2D eigenvalue weighted by Crippen LogP contribution is -2.05. The number of pyridine rings is 1. The minimum Gasteiger partial charge on any atom is -0.282 e. The summed E-state index contributed by atoms with van der Waals surface area (Å²) in [5, 5.41) is 0. The van der Waals surface area contributed by atoms with Crippen LogP contribution in [0.2, 0.25) is 0 Å². The van der Waals surface area contributed by atoms with Crippen LogP contribution in [0.3, 0.4) is 0 Å². The van der Waals surface area contributed by atoms with Gasteiger partial charge in [-0.2, -0.15) is 8.42 Å². The Morgan fingerprint density at radius 2 is 1.67 bits per heavy atom. The van der Waals surface area contributed by atoms with Gasteiger partial charge in [-0.05, 0) is 0 Å². The standard InChI is InChI=1S/C5H3F2NO3S/c6-3-1-8-2-4(7)5(3)12(9,10)11/h1-2H,(H,9,10,11). The van der Waals surface area contributed by atoms with Crippen molar-refractivity contribution in [3.63, 3.8) is 0 Å². The van der Waals surface area contributed by atoms with Crippen molar-refractivity contribution in [3.8, 4) is 0 Å². The molecule has 1 aromatic rings. The third kappa shape index (κ3) is 1.56. The van der Waals surface area contributed by atoms with Gasteiger partial charge in [0.1, 0.15) is 0 Å². The van der Waals surface area contributed by atoms with E-state index in [4.69, 9.17) is 4.55 Å². The molecule has 1 aromatic heterocycles. The Balaban J connectivity index is 3.53. The van der Waals surface area contributed by atoms with Crippen molar-refractivity contribution in [3.05, 3.63) is 24.0 Å². The first kappa shape index (κ1) is 9.01. The van der Waals surface area contributed by atoms with Crippen LogP contribution >= 0.6 is 0 Å². The van der Waals surface area contributed by atoms with E-state index < -0.39 is 26.6 Å². The van der Waals surface area contributed by atoms with Crippen molar-refractivity contribution in [2.24, 2.45) is 0 Å². The third-order valence-electron chi connectivity index (χ3n) is 1.07. The Kier molecular flexibility index (Phi) is 2.07. The maximum Gasteiger partial charge on any atom is 0.300 e. The quantitative estimate of drug-likeness (QED) is 0.666. The molecule has 0 fully saturated rings. The fraction of sp³-hybridized carbons (Fsp3) is 0. The summed E-state index contributed by atoms with van der Waals surface area (Å²) < 4.78 is 54.0. The van der Waals surface area contributed by atoms with Gasteiger partial charge in [-0.1, -0.05) is 0 Å². The summed E-state index contributed by atoms with van der Waals surface area (Å²) in [5.74, 6) is -2.84. The number of halogens is 2. The zero-order valence-electron chi connectivity index (χ0n) is 5.53. The molecule has 0 amide bonds. The number of hydrogen-bond acceptors (Lipinski definition) is 3. The lowest BCUT2D eigenvalue weighted by molar-refractivity contribution is 0.454. The zero-order chi connectivity index (χ0) is 9.35. The van der Waals surface area contributed by atoms with Crippen LogP contribution in [-0.2, 0) is 10.1 Å². The molecule has 1 rings (SSSR count). The molecule has 0 aromatic carbocycles. The molecule has 0 saturated carbocycles. The fourth-order valence-corrected chi connectivity index (χ4v) is 1.24. The zero-order valence-corrected chi connectivity index (χ0v) is 6.35. The lowest BCUT2D eigenvalue weighted by Gasteiger charge is -1.98. The second-order valence-corrected chi connectivity index (χ2v) is 3.27. The summed E-state index contributed by atoms with van der Waals surface area (Å²) in [6, 6.07) is 0. The first-order chi connectivity index (χ1) is 5.43. The van der Waals surface area contributed by atoms with Crippen LogP contribution in [0, 0.1) is 11.6 Å². The average molecular weight is 195 g/mol. The Morgan fingerprint density at radius 3 is 1.92 bits per heavy atom. The highest BCUT2D eigenvalue weighted by Gasteiger charge is 2.21. The van der Waals surface area contributed by atoms with Crippen molar-refractivity contribution < 1.29 is 21.8 Å². The van der Waals surface area contributed by atoms with Gasteiger partial charge in [0.05, 0.1) is 12.4 Å². The van der Waals surface area contributed by atoms with E-state index in [0.29, 0.717) is 12.4 Å². The lowest BCUT2D eigenvalue weighted by atomic mass is 10.5. The maximum absolute atomic E-state index is 12.5. The fourth-order valence-electron chi connectivity index (χ4n) is 0.646. The van der Waals surface area contributed by atoms with Gasteiger partial charge in [-0.15, -0.1) is 0 Å². The number of rotatable bonds is 1. The Labute approximate surface area is 66.6 Å². The van der Waals surface area contributed by atoms with Crippen LogP contribution in [0.1, 0.15) is 0 Å². The van der Waals surface area contributed by atoms with Gasteiger partial charge < -0.3 is 0 Å². The van der Waals surface area contributed by atoms with Crippen LogP contribution < -0.4 is 0 Å².